The molecule has 1 saturated heterocycles. The van der Waals surface area contributed by atoms with Crippen LogP contribution in [-0.4, -0.2) is 29.5 Å². The Hall–Kier alpha value is -2.53. The van der Waals surface area contributed by atoms with Gasteiger partial charge in [-0.1, -0.05) is 54.8 Å². The van der Waals surface area contributed by atoms with Gasteiger partial charge in [0.1, 0.15) is 6.61 Å². The summed E-state index contributed by atoms with van der Waals surface area (Å²) in [6.07, 6.45) is 6.47. The number of fused-ring (bicyclic) bond motifs is 1. The second kappa shape index (κ2) is 9.52. The summed E-state index contributed by atoms with van der Waals surface area (Å²) in [5.74, 6) is 0.616. The Morgan fingerprint density at radius 3 is 2.60 bits per heavy atom. The standard InChI is InChI=1S/C24H27ClN2O3/c25-21-15-19(26-24(29)30-16-17-7-2-1-3-8-17)12-13-20(21)23(28)27-14-6-10-18-9-4-5-11-22(18)27/h1-3,7-8,12-13,15,18,22H,4-6,9-11,14,16H2,(H,26,29)/t18-,22-/m1/s1. The number of halogens is 1. The lowest BCUT2D eigenvalue weighted by molar-refractivity contribution is 0.0391. The number of hydrogen-bond acceptors (Lipinski definition) is 3. The number of hydrogen-bond donors (Lipinski definition) is 1. The lowest BCUT2D eigenvalue weighted by atomic mass is 9.78. The Morgan fingerprint density at radius 2 is 1.80 bits per heavy atom. The molecule has 2 fully saturated rings. The van der Waals surface area contributed by atoms with E-state index in [0.717, 1.165) is 24.9 Å². The summed E-state index contributed by atoms with van der Waals surface area (Å²) in [7, 11) is 0. The van der Waals surface area contributed by atoms with Crippen LogP contribution < -0.4 is 5.32 Å². The highest BCUT2D eigenvalue weighted by Crippen LogP contribution is 2.36. The number of likely N-dealkylation sites (tertiary alicyclic amines) is 1. The number of nitrogens with zero attached hydrogens (tertiary/aromatic N) is 1. The first-order chi connectivity index (χ1) is 14.6. The molecule has 1 aliphatic heterocycles. The monoisotopic (exact) mass is 426 g/mol. The number of amides is 2. The second-order valence-corrected chi connectivity index (χ2v) is 8.54. The Labute approximate surface area is 182 Å². The normalized spacial score (nSPS) is 20.9. The number of piperidine rings is 1. The van der Waals surface area contributed by atoms with Crippen LogP contribution in [0.15, 0.2) is 48.5 Å². The maximum Gasteiger partial charge on any atom is 0.411 e. The summed E-state index contributed by atoms with van der Waals surface area (Å²) < 4.78 is 5.24. The van der Waals surface area contributed by atoms with Gasteiger partial charge in [0.05, 0.1) is 10.6 Å². The van der Waals surface area contributed by atoms with Crippen LogP contribution >= 0.6 is 11.6 Å². The van der Waals surface area contributed by atoms with Crippen molar-refractivity contribution in [3.8, 4) is 0 Å². The molecule has 1 heterocycles. The highest BCUT2D eigenvalue weighted by Gasteiger charge is 2.36. The molecule has 1 aliphatic carbocycles. The minimum Gasteiger partial charge on any atom is -0.444 e. The van der Waals surface area contributed by atoms with Crippen LogP contribution in [0.5, 0.6) is 0 Å². The van der Waals surface area contributed by atoms with Gasteiger partial charge in [0.25, 0.3) is 5.91 Å². The van der Waals surface area contributed by atoms with Crippen molar-refractivity contribution >= 4 is 29.3 Å². The number of carbonyl (C=O) groups excluding carboxylic acids is 2. The number of anilines is 1. The molecule has 2 aromatic rings. The van der Waals surface area contributed by atoms with Crippen molar-refractivity contribution in [3.63, 3.8) is 0 Å². The fourth-order valence-electron chi connectivity index (χ4n) is 4.67. The van der Waals surface area contributed by atoms with E-state index in [1.807, 2.05) is 35.2 Å². The molecular weight excluding hydrogens is 400 g/mol. The average molecular weight is 427 g/mol. The quantitative estimate of drug-likeness (QED) is 0.663. The Bertz CT molecular complexity index is 901. The van der Waals surface area contributed by atoms with E-state index in [0.29, 0.717) is 28.2 Å². The predicted molar refractivity (Wildman–Crippen MR) is 118 cm³/mol. The van der Waals surface area contributed by atoms with Gasteiger partial charge in [-0.25, -0.2) is 4.79 Å². The van der Waals surface area contributed by atoms with Crippen molar-refractivity contribution in [1.82, 2.24) is 4.90 Å². The second-order valence-electron chi connectivity index (χ2n) is 8.13. The molecule has 6 heteroatoms. The molecule has 0 unspecified atom stereocenters. The topological polar surface area (TPSA) is 58.6 Å². The predicted octanol–water partition coefficient (Wildman–Crippen LogP) is 5.88. The van der Waals surface area contributed by atoms with E-state index in [-0.39, 0.29) is 12.5 Å². The van der Waals surface area contributed by atoms with Crippen molar-refractivity contribution in [2.24, 2.45) is 5.92 Å². The summed E-state index contributed by atoms with van der Waals surface area (Å²) in [6, 6.07) is 14.8. The number of carbonyl (C=O) groups is 2. The summed E-state index contributed by atoms with van der Waals surface area (Å²) >= 11 is 6.44. The maximum atomic E-state index is 13.2. The molecule has 2 aromatic carbocycles. The number of ether oxygens (including phenoxy) is 1. The van der Waals surface area contributed by atoms with Gasteiger partial charge < -0.3 is 9.64 Å². The van der Waals surface area contributed by atoms with E-state index >= 15 is 0 Å². The van der Waals surface area contributed by atoms with Crippen LogP contribution in [0.1, 0.15) is 54.4 Å². The molecule has 5 nitrogen and oxygen atoms in total. The average Bonchev–Trinajstić information content (AvgIpc) is 2.78. The zero-order chi connectivity index (χ0) is 20.9. The van der Waals surface area contributed by atoms with Crippen molar-refractivity contribution in [2.45, 2.75) is 51.2 Å². The maximum absolute atomic E-state index is 13.2. The summed E-state index contributed by atoms with van der Waals surface area (Å²) in [6.45, 7) is 0.983. The fraction of sp³-hybridized carbons (Fsp3) is 0.417. The highest BCUT2D eigenvalue weighted by atomic mass is 35.5. The molecule has 2 atom stereocenters. The van der Waals surface area contributed by atoms with Gasteiger partial charge in [0.2, 0.25) is 0 Å². The third-order valence-corrected chi connectivity index (χ3v) is 6.48. The molecule has 4 rings (SSSR count). The first-order valence-corrected chi connectivity index (χ1v) is 11.1. The molecular formula is C24H27ClN2O3. The zero-order valence-electron chi connectivity index (χ0n) is 17.0. The van der Waals surface area contributed by atoms with Crippen molar-refractivity contribution in [3.05, 3.63) is 64.7 Å². The largest absolute Gasteiger partial charge is 0.444 e. The van der Waals surface area contributed by atoms with Crippen LogP contribution in [0.25, 0.3) is 0 Å². The first kappa shape index (κ1) is 20.7. The van der Waals surface area contributed by atoms with E-state index in [4.69, 9.17) is 16.3 Å². The summed E-state index contributed by atoms with van der Waals surface area (Å²) in [4.78, 5) is 27.3. The lowest BCUT2D eigenvalue weighted by Gasteiger charge is -2.44. The van der Waals surface area contributed by atoms with Gasteiger partial charge in [-0.05, 0) is 55.4 Å². The van der Waals surface area contributed by atoms with Crippen molar-refractivity contribution < 1.29 is 14.3 Å². The van der Waals surface area contributed by atoms with Crippen LogP contribution in [0, 0.1) is 5.92 Å². The van der Waals surface area contributed by atoms with Gasteiger partial charge in [0, 0.05) is 18.3 Å². The molecule has 0 radical (unpaired) electrons. The SMILES string of the molecule is O=C(Nc1ccc(C(=O)N2CCC[C@H]3CCCC[C@H]32)c(Cl)c1)OCc1ccccc1. The lowest BCUT2D eigenvalue weighted by Crippen LogP contribution is -2.49. The molecule has 0 bridgehead atoms. The van der Waals surface area contributed by atoms with Gasteiger partial charge in [-0.3, -0.25) is 10.1 Å². The van der Waals surface area contributed by atoms with Crippen molar-refractivity contribution in [2.75, 3.05) is 11.9 Å². The minimum absolute atomic E-state index is 0.00481. The van der Waals surface area contributed by atoms with Crippen molar-refractivity contribution in [1.29, 1.82) is 0 Å². The molecule has 2 amide bonds. The molecule has 1 saturated carbocycles. The Morgan fingerprint density at radius 1 is 1.03 bits per heavy atom. The smallest absolute Gasteiger partial charge is 0.411 e. The van der Waals surface area contributed by atoms with Crippen LogP contribution in [-0.2, 0) is 11.3 Å². The molecule has 0 spiro atoms. The van der Waals surface area contributed by atoms with Crippen LogP contribution in [0.2, 0.25) is 5.02 Å². The number of rotatable bonds is 4. The minimum atomic E-state index is -0.560. The molecule has 158 valence electrons. The van der Waals surface area contributed by atoms with E-state index in [1.165, 1.54) is 25.7 Å². The van der Waals surface area contributed by atoms with Gasteiger partial charge in [0.15, 0.2) is 0 Å². The molecule has 30 heavy (non-hydrogen) atoms. The zero-order valence-corrected chi connectivity index (χ0v) is 17.7. The number of benzene rings is 2. The summed E-state index contributed by atoms with van der Waals surface area (Å²) in [5, 5.41) is 3.02. The molecule has 0 aromatic heterocycles. The van der Waals surface area contributed by atoms with E-state index in [9.17, 15) is 9.59 Å². The van der Waals surface area contributed by atoms with Gasteiger partial charge >= 0.3 is 6.09 Å². The third kappa shape index (κ3) is 4.78. The van der Waals surface area contributed by atoms with Gasteiger partial charge in [-0.2, -0.15) is 0 Å². The molecule has 1 N–H and O–H groups in total. The number of nitrogens with one attached hydrogen (secondary N) is 1. The molecule has 2 aliphatic rings. The fourth-order valence-corrected chi connectivity index (χ4v) is 4.94. The van der Waals surface area contributed by atoms with E-state index in [2.05, 4.69) is 5.32 Å². The van der Waals surface area contributed by atoms with E-state index < -0.39 is 6.09 Å². The Balaban J connectivity index is 1.39. The van der Waals surface area contributed by atoms with Gasteiger partial charge in [-0.15, -0.1) is 0 Å². The summed E-state index contributed by atoms with van der Waals surface area (Å²) in [5.41, 5.74) is 1.91. The third-order valence-electron chi connectivity index (χ3n) is 6.16. The van der Waals surface area contributed by atoms with Crippen LogP contribution in [0.3, 0.4) is 0 Å². The Kier molecular flexibility index (Phi) is 6.58. The van der Waals surface area contributed by atoms with E-state index in [1.54, 1.807) is 18.2 Å². The van der Waals surface area contributed by atoms with Crippen LogP contribution in [0.4, 0.5) is 10.5 Å². The highest BCUT2D eigenvalue weighted by molar-refractivity contribution is 6.34. The first-order valence-electron chi connectivity index (χ1n) is 10.7.